The Balaban J connectivity index is 2.51. The van der Waals surface area contributed by atoms with Gasteiger partial charge in [-0.15, -0.1) is 0 Å². The van der Waals surface area contributed by atoms with Crippen LogP contribution in [0.1, 0.15) is 16.7 Å². The largest absolute Gasteiger partial charge is 0.330 e. The number of hydrogen-bond acceptors (Lipinski definition) is 1. The average Bonchev–Trinajstić information content (AvgIpc) is 2.33. The van der Waals surface area contributed by atoms with Gasteiger partial charge in [0.25, 0.3) is 0 Å². The minimum absolute atomic E-state index is 0.705. The first-order valence-electron chi connectivity index (χ1n) is 6.08. The Morgan fingerprint density at radius 3 is 2.29 bits per heavy atom. The molecule has 0 amide bonds. The fourth-order valence-corrected chi connectivity index (χ4v) is 2.16. The van der Waals surface area contributed by atoms with Crippen LogP contribution in [0.25, 0.3) is 11.1 Å². The van der Waals surface area contributed by atoms with Crippen LogP contribution in [0.4, 0.5) is 0 Å². The lowest BCUT2D eigenvalue weighted by atomic mass is 9.94. The molecule has 88 valence electrons. The van der Waals surface area contributed by atoms with E-state index in [0.717, 1.165) is 6.42 Å². The maximum Gasteiger partial charge on any atom is -0.00367 e. The van der Waals surface area contributed by atoms with E-state index in [0.29, 0.717) is 6.54 Å². The number of benzene rings is 2. The zero-order chi connectivity index (χ0) is 12.3. The zero-order valence-electron chi connectivity index (χ0n) is 10.5. The predicted molar refractivity (Wildman–Crippen MR) is 74.1 cm³/mol. The Labute approximate surface area is 103 Å². The molecule has 0 aliphatic rings. The minimum atomic E-state index is 0.705. The molecule has 2 N–H and O–H groups in total. The van der Waals surface area contributed by atoms with Crippen molar-refractivity contribution in [1.82, 2.24) is 0 Å². The van der Waals surface area contributed by atoms with E-state index in [1.807, 2.05) is 0 Å². The van der Waals surface area contributed by atoms with Gasteiger partial charge in [0, 0.05) is 0 Å². The highest BCUT2D eigenvalue weighted by atomic mass is 14.5. The van der Waals surface area contributed by atoms with Crippen molar-refractivity contribution in [1.29, 1.82) is 0 Å². The van der Waals surface area contributed by atoms with Gasteiger partial charge in [0.15, 0.2) is 0 Å². The van der Waals surface area contributed by atoms with Gasteiger partial charge in [-0.05, 0) is 54.6 Å². The number of aryl methyl sites for hydroxylation is 2. The van der Waals surface area contributed by atoms with Crippen LogP contribution < -0.4 is 5.73 Å². The number of rotatable bonds is 3. The van der Waals surface area contributed by atoms with Crippen LogP contribution in [0, 0.1) is 13.8 Å². The SMILES string of the molecule is Cc1ccccc1-c1cc(CCN)ccc1C. The summed E-state index contributed by atoms with van der Waals surface area (Å²) in [5, 5.41) is 0. The molecule has 2 aromatic carbocycles. The van der Waals surface area contributed by atoms with Gasteiger partial charge >= 0.3 is 0 Å². The second-order valence-electron chi connectivity index (χ2n) is 4.50. The summed E-state index contributed by atoms with van der Waals surface area (Å²) in [7, 11) is 0. The Morgan fingerprint density at radius 1 is 0.882 bits per heavy atom. The third kappa shape index (κ3) is 2.56. The third-order valence-corrected chi connectivity index (χ3v) is 3.17. The molecule has 0 atom stereocenters. The first-order valence-corrected chi connectivity index (χ1v) is 6.08. The van der Waals surface area contributed by atoms with E-state index >= 15 is 0 Å². The van der Waals surface area contributed by atoms with Gasteiger partial charge < -0.3 is 5.73 Å². The van der Waals surface area contributed by atoms with Crippen LogP contribution in [-0.4, -0.2) is 6.54 Å². The van der Waals surface area contributed by atoms with Gasteiger partial charge in [-0.25, -0.2) is 0 Å². The van der Waals surface area contributed by atoms with Crippen LogP contribution in [0.5, 0.6) is 0 Å². The summed E-state index contributed by atoms with van der Waals surface area (Å²) in [6.45, 7) is 5.02. The quantitative estimate of drug-likeness (QED) is 0.850. The normalized spacial score (nSPS) is 10.5. The van der Waals surface area contributed by atoms with Gasteiger partial charge in [-0.2, -0.15) is 0 Å². The summed E-state index contributed by atoms with van der Waals surface area (Å²) in [5.41, 5.74) is 12.2. The van der Waals surface area contributed by atoms with Gasteiger partial charge in [-0.3, -0.25) is 0 Å². The van der Waals surface area contributed by atoms with E-state index in [2.05, 4.69) is 56.3 Å². The lowest BCUT2D eigenvalue weighted by Crippen LogP contribution is -2.03. The molecule has 1 heteroatoms. The Hall–Kier alpha value is -1.60. The second-order valence-corrected chi connectivity index (χ2v) is 4.50. The van der Waals surface area contributed by atoms with E-state index in [4.69, 9.17) is 5.73 Å². The Kier molecular flexibility index (Phi) is 3.60. The summed E-state index contributed by atoms with van der Waals surface area (Å²) in [6.07, 6.45) is 0.944. The van der Waals surface area contributed by atoms with E-state index in [-0.39, 0.29) is 0 Å². The third-order valence-electron chi connectivity index (χ3n) is 3.17. The van der Waals surface area contributed by atoms with Gasteiger partial charge in [-0.1, -0.05) is 42.5 Å². The molecule has 0 saturated heterocycles. The van der Waals surface area contributed by atoms with Crippen molar-refractivity contribution in [3.05, 3.63) is 59.2 Å². The standard InChI is InChI=1S/C16H19N/c1-12-5-3-4-6-15(12)16-11-14(9-10-17)8-7-13(16)2/h3-8,11H,9-10,17H2,1-2H3. The molecule has 0 radical (unpaired) electrons. The van der Waals surface area contributed by atoms with E-state index in [9.17, 15) is 0 Å². The average molecular weight is 225 g/mol. The summed E-state index contributed by atoms with van der Waals surface area (Å²) < 4.78 is 0. The van der Waals surface area contributed by atoms with Crippen molar-refractivity contribution in [2.24, 2.45) is 5.73 Å². The molecule has 0 aliphatic carbocycles. The maximum absolute atomic E-state index is 5.62. The highest BCUT2D eigenvalue weighted by molar-refractivity contribution is 5.70. The highest BCUT2D eigenvalue weighted by Crippen LogP contribution is 2.27. The lowest BCUT2D eigenvalue weighted by Gasteiger charge is -2.11. The number of nitrogens with two attached hydrogens (primary N) is 1. The van der Waals surface area contributed by atoms with Gasteiger partial charge in [0.1, 0.15) is 0 Å². The summed E-state index contributed by atoms with van der Waals surface area (Å²) in [4.78, 5) is 0. The first kappa shape index (κ1) is 11.9. The topological polar surface area (TPSA) is 26.0 Å². The predicted octanol–water partition coefficient (Wildman–Crippen LogP) is 3.47. The van der Waals surface area contributed by atoms with Crippen LogP contribution in [0.15, 0.2) is 42.5 Å². The monoisotopic (exact) mass is 225 g/mol. The minimum Gasteiger partial charge on any atom is -0.330 e. The zero-order valence-corrected chi connectivity index (χ0v) is 10.5. The van der Waals surface area contributed by atoms with Gasteiger partial charge in [0.05, 0.1) is 0 Å². The van der Waals surface area contributed by atoms with Crippen molar-refractivity contribution in [3.8, 4) is 11.1 Å². The van der Waals surface area contributed by atoms with E-state index in [1.165, 1.54) is 27.8 Å². The molecule has 0 spiro atoms. The molecule has 0 fully saturated rings. The molecule has 2 rings (SSSR count). The van der Waals surface area contributed by atoms with Crippen molar-refractivity contribution in [2.75, 3.05) is 6.54 Å². The van der Waals surface area contributed by atoms with Crippen LogP contribution in [-0.2, 0) is 6.42 Å². The smallest absolute Gasteiger partial charge is 0.00367 e. The van der Waals surface area contributed by atoms with Crippen LogP contribution in [0.2, 0.25) is 0 Å². The van der Waals surface area contributed by atoms with Crippen molar-refractivity contribution >= 4 is 0 Å². The number of hydrogen-bond donors (Lipinski definition) is 1. The van der Waals surface area contributed by atoms with Crippen molar-refractivity contribution in [2.45, 2.75) is 20.3 Å². The summed E-state index contributed by atoms with van der Waals surface area (Å²) >= 11 is 0. The molecular weight excluding hydrogens is 206 g/mol. The molecule has 17 heavy (non-hydrogen) atoms. The fraction of sp³-hybridized carbons (Fsp3) is 0.250. The highest BCUT2D eigenvalue weighted by Gasteiger charge is 2.05. The van der Waals surface area contributed by atoms with E-state index < -0.39 is 0 Å². The first-order chi connectivity index (χ1) is 8.22. The summed E-state index contributed by atoms with van der Waals surface area (Å²) in [5.74, 6) is 0. The molecule has 0 bridgehead atoms. The Bertz CT molecular complexity index is 515. The Morgan fingerprint density at radius 2 is 1.59 bits per heavy atom. The molecular formula is C16H19N. The molecule has 0 heterocycles. The van der Waals surface area contributed by atoms with Crippen molar-refractivity contribution in [3.63, 3.8) is 0 Å². The molecule has 0 aromatic heterocycles. The maximum atomic E-state index is 5.62. The fourth-order valence-electron chi connectivity index (χ4n) is 2.16. The molecule has 0 aliphatic heterocycles. The van der Waals surface area contributed by atoms with Crippen LogP contribution in [0.3, 0.4) is 0 Å². The second kappa shape index (κ2) is 5.15. The van der Waals surface area contributed by atoms with Crippen molar-refractivity contribution < 1.29 is 0 Å². The van der Waals surface area contributed by atoms with Gasteiger partial charge in [0.2, 0.25) is 0 Å². The molecule has 0 saturated carbocycles. The summed E-state index contributed by atoms with van der Waals surface area (Å²) in [6, 6.07) is 15.1. The molecule has 2 aromatic rings. The molecule has 0 unspecified atom stereocenters. The van der Waals surface area contributed by atoms with E-state index in [1.54, 1.807) is 0 Å². The lowest BCUT2D eigenvalue weighted by molar-refractivity contribution is 0.968. The van der Waals surface area contributed by atoms with Crippen LogP contribution >= 0.6 is 0 Å². The molecule has 1 nitrogen and oxygen atoms in total.